The van der Waals surface area contributed by atoms with Gasteiger partial charge in [-0.05, 0) is 6.07 Å². The van der Waals surface area contributed by atoms with E-state index in [1.165, 1.54) is 6.07 Å². The number of hydrogen-bond donors (Lipinski definition) is 3. The first-order valence-corrected chi connectivity index (χ1v) is 5.76. The van der Waals surface area contributed by atoms with Crippen molar-refractivity contribution in [3.05, 3.63) is 22.7 Å². The van der Waals surface area contributed by atoms with Crippen LogP contribution in [0.4, 0.5) is 19.0 Å². The Morgan fingerprint density at radius 3 is 2.67 bits per heavy atom. The van der Waals surface area contributed by atoms with Gasteiger partial charge in [-0.2, -0.15) is 4.98 Å². The second-order valence-corrected chi connectivity index (χ2v) is 4.35. The molecule has 0 unspecified atom stereocenters. The Balaban J connectivity index is 2.14. The summed E-state index contributed by atoms with van der Waals surface area (Å²) in [5, 5.41) is 19.4. The second-order valence-electron chi connectivity index (χ2n) is 4.35. The number of halogens is 3. The summed E-state index contributed by atoms with van der Waals surface area (Å²) in [6.07, 6.45) is -9.85. The van der Waals surface area contributed by atoms with Gasteiger partial charge in [-0.15, -0.1) is 13.2 Å². The maximum Gasteiger partial charge on any atom is 0.522 e. The maximum atomic E-state index is 12.0. The van der Waals surface area contributed by atoms with Gasteiger partial charge in [0.05, 0.1) is 6.61 Å². The van der Waals surface area contributed by atoms with Crippen molar-refractivity contribution in [2.75, 3.05) is 12.3 Å². The molecule has 21 heavy (non-hydrogen) atoms. The molecule has 0 aliphatic carbocycles. The summed E-state index contributed by atoms with van der Waals surface area (Å²) in [6, 6.07) is 1.24. The van der Waals surface area contributed by atoms with E-state index in [2.05, 4.69) is 9.72 Å². The highest BCUT2D eigenvalue weighted by molar-refractivity contribution is 5.23. The molecule has 0 aromatic carbocycles. The zero-order valence-electron chi connectivity index (χ0n) is 10.4. The number of anilines is 1. The minimum absolute atomic E-state index is 0.0683. The summed E-state index contributed by atoms with van der Waals surface area (Å²) in [5.74, 6) is -0.0683. The van der Waals surface area contributed by atoms with Crippen LogP contribution in [-0.2, 0) is 9.47 Å². The van der Waals surface area contributed by atoms with Gasteiger partial charge >= 0.3 is 12.1 Å². The number of hydrogen-bond acceptors (Lipinski definition) is 7. The first kappa shape index (κ1) is 15.7. The lowest BCUT2D eigenvalue weighted by Gasteiger charge is -2.17. The van der Waals surface area contributed by atoms with E-state index in [4.69, 9.17) is 10.5 Å². The summed E-state index contributed by atoms with van der Waals surface area (Å²) in [5.41, 5.74) is 4.42. The molecule has 1 saturated heterocycles. The normalized spacial score (nSPS) is 29.8. The van der Waals surface area contributed by atoms with Crippen LogP contribution in [0.5, 0.6) is 0 Å². The van der Waals surface area contributed by atoms with E-state index in [1.54, 1.807) is 0 Å². The van der Waals surface area contributed by atoms with Gasteiger partial charge in [0.2, 0.25) is 0 Å². The maximum absolute atomic E-state index is 12.0. The van der Waals surface area contributed by atoms with Crippen molar-refractivity contribution in [1.82, 2.24) is 9.55 Å². The summed E-state index contributed by atoms with van der Waals surface area (Å²) < 4.78 is 45.3. The molecule has 2 rings (SSSR count). The average Bonchev–Trinajstić information content (AvgIpc) is 2.64. The number of nitrogens with two attached hydrogens (primary N) is 1. The van der Waals surface area contributed by atoms with Gasteiger partial charge in [0, 0.05) is 6.20 Å². The lowest BCUT2D eigenvalue weighted by Crippen LogP contribution is -2.36. The largest absolute Gasteiger partial charge is 0.522 e. The van der Waals surface area contributed by atoms with Crippen molar-refractivity contribution in [3.8, 4) is 0 Å². The minimum Gasteiger partial charge on any atom is -0.387 e. The third-order valence-electron chi connectivity index (χ3n) is 2.87. The monoisotopic (exact) mass is 311 g/mol. The van der Waals surface area contributed by atoms with Crippen LogP contribution in [-0.4, -0.2) is 51.0 Å². The highest BCUT2D eigenvalue weighted by atomic mass is 19.4. The Morgan fingerprint density at radius 2 is 2.10 bits per heavy atom. The van der Waals surface area contributed by atoms with E-state index < -0.39 is 43.2 Å². The highest BCUT2D eigenvalue weighted by Crippen LogP contribution is 2.30. The van der Waals surface area contributed by atoms with Crippen molar-refractivity contribution >= 4 is 5.82 Å². The van der Waals surface area contributed by atoms with E-state index in [9.17, 15) is 28.2 Å². The molecular weight excluding hydrogens is 299 g/mol. The van der Waals surface area contributed by atoms with Gasteiger partial charge < -0.3 is 20.7 Å². The van der Waals surface area contributed by atoms with Crippen LogP contribution in [0.25, 0.3) is 0 Å². The van der Waals surface area contributed by atoms with Crippen LogP contribution in [0, 0.1) is 0 Å². The van der Waals surface area contributed by atoms with Crippen LogP contribution in [0.1, 0.15) is 6.23 Å². The summed E-state index contributed by atoms with van der Waals surface area (Å²) in [4.78, 5) is 15.0. The summed E-state index contributed by atoms with van der Waals surface area (Å²) in [6.45, 7) is -1.02. The first-order chi connectivity index (χ1) is 9.69. The number of alkyl halides is 3. The summed E-state index contributed by atoms with van der Waals surface area (Å²) in [7, 11) is 0. The Morgan fingerprint density at radius 1 is 1.43 bits per heavy atom. The predicted octanol–water partition coefficient (Wildman–Crippen LogP) is -1.02. The number of nitrogen functional groups attached to an aromatic ring is 1. The lowest BCUT2D eigenvalue weighted by atomic mass is 10.1. The zero-order valence-corrected chi connectivity index (χ0v) is 10.4. The molecule has 2 heterocycles. The molecule has 1 fully saturated rings. The molecule has 0 bridgehead atoms. The van der Waals surface area contributed by atoms with Crippen molar-refractivity contribution in [1.29, 1.82) is 0 Å². The molecule has 0 radical (unpaired) electrons. The van der Waals surface area contributed by atoms with E-state index in [1.807, 2.05) is 0 Å². The fourth-order valence-corrected chi connectivity index (χ4v) is 1.89. The van der Waals surface area contributed by atoms with E-state index in [0.29, 0.717) is 0 Å². The van der Waals surface area contributed by atoms with Crippen LogP contribution < -0.4 is 11.4 Å². The number of aromatic nitrogens is 2. The molecular formula is C10H12F3N3O5. The van der Waals surface area contributed by atoms with Crippen molar-refractivity contribution < 1.29 is 32.9 Å². The third-order valence-corrected chi connectivity index (χ3v) is 2.87. The molecule has 4 atom stereocenters. The smallest absolute Gasteiger partial charge is 0.387 e. The van der Waals surface area contributed by atoms with E-state index in [0.717, 1.165) is 10.8 Å². The summed E-state index contributed by atoms with van der Waals surface area (Å²) >= 11 is 0. The Kier molecular flexibility index (Phi) is 4.18. The molecule has 1 aromatic heterocycles. The zero-order chi connectivity index (χ0) is 15.8. The number of aliphatic hydroxyl groups excluding tert-OH is 2. The number of rotatable bonds is 3. The van der Waals surface area contributed by atoms with Gasteiger partial charge in [-0.1, -0.05) is 0 Å². The fraction of sp³-hybridized carbons (Fsp3) is 0.600. The Bertz CT molecular complexity index is 564. The van der Waals surface area contributed by atoms with Gasteiger partial charge in [-0.3, -0.25) is 9.30 Å². The molecule has 118 valence electrons. The molecule has 0 spiro atoms. The van der Waals surface area contributed by atoms with E-state index in [-0.39, 0.29) is 5.82 Å². The molecule has 8 nitrogen and oxygen atoms in total. The van der Waals surface area contributed by atoms with Crippen LogP contribution in [0.2, 0.25) is 0 Å². The Labute approximate surface area is 115 Å². The fourth-order valence-electron chi connectivity index (χ4n) is 1.89. The van der Waals surface area contributed by atoms with Crippen molar-refractivity contribution in [2.24, 2.45) is 0 Å². The highest BCUT2D eigenvalue weighted by Gasteiger charge is 2.45. The first-order valence-electron chi connectivity index (χ1n) is 5.76. The number of aliphatic hydroxyl groups is 2. The van der Waals surface area contributed by atoms with Crippen LogP contribution in [0.15, 0.2) is 17.1 Å². The molecule has 1 aliphatic heterocycles. The van der Waals surface area contributed by atoms with Crippen molar-refractivity contribution in [3.63, 3.8) is 0 Å². The molecule has 4 N–H and O–H groups in total. The molecule has 0 amide bonds. The number of nitrogens with zero attached hydrogens (tertiary/aromatic N) is 2. The molecule has 1 aliphatic rings. The van der Waals surface area contributed by atoms with Crippen LogP contribution >= 0.6 is 0 Å². The average molecular weight is 311 g/mol. The Hall–Kier alpha value is -1.69. The second kappa shape index (κ2) is 5.60. The van der Waals surface area contributed by atoms with Crippen molar-refractivity contribution in [2.45, 2.75) is 30.9 Å². The standard InChI is InChI=1S/C10H12F3N3O5/c11-10(12,13)20-3-4-6(17)7(18)8(21-4)16-2-1-5(14)15-9(16)19/h1-2,4,6-8,17-18H,3H2,(H2,14,15,19)/t4-,6-,7+,8-/m1/s1. The SMILES string of the molecule is Nc1ccn([C@@H]2O[C@H](COC(F)(F)F)[C@@H](O)[C@@H]2O)c(=O)n1. The lowest BCUT2D eigenvalue weighted by molar-refractivity contribution is -0.333. The van der Waals surface area contributed by atoms with Gasteiger partial charge in [0.25, 0.3) is 0 Å². The van der Waals surface area contributed by atoms with Gasteiger partial charge in [-0.25, -0.2) is 4.79 Å². The van der Waals surface area contributed by atoms with E-state index >= 15 is 0 Å². The molecule has 1 aromatic rings. The predicted molar refractivity (Wildman–Crippen MR) is 60.8 cm³/mol. The molecule has 11 heteroatoms. The minimum atomic E-state index is -4.90. The quantitative estimate of drug-likeness (QED) is 0.653. The van der Waals surface area contributed by atoms with Gasteiger partial charge in [0.15, 0.2) is 6.23 Å². The molecule has 0 saturated carbocycles. The third kappa shape index (κ3) is 3.50. The van der Waals surface area contributed by atoms with Crippen LogP contribution in [0.3, 0.4) is 0 Å². The van der Waals surface area contributed by atoms with Gasteiger partial charge in [0.1, 0.15) is 24.1 Å². The number of ether oxygens (including phenoxy) is 2. The topological polar surface area (TPSA) is 120 Å².